The van der Waals surface area contributed by atoms with Gasteiger partial charge in [-0.25, -0.2) is 9.97 Å². The number of alkyl halides is 6. The number of ether oxygens (including phenoxy) is 1. The zero-order chi connectivity index (χ0) is 33.5. The maximum Gasteiger partial charge on any atom is 0.416 e. The van der Waals surface area contributed by atoms with Crippen LogP contribution in [0, 0.1) is 0 Å². The Balaban J connectivity index is 0.000000240. The van der Waals surface area contributed by atoms with Gasteiger partial charge in [-0.1, -0.05) is 33.6 Å². The van der Waals surface area contributed by atoms with Crippen LogP contribution in [0.2, 0.25) is 0 Å². The molecule has 2 aromatic carbocycles. The third-order valence-electron chi connectivity index (χ3n) is 8.24. The lowest BCUT2D eigenvalue weighted by Crippen LogP contribution is -2.31. The smallest absolute Gasteiger partial charge is 0.416 e. The predicted molar refractivity (Wildman–Crippen MR) is 168 cm³/mol. The summed E-state index contributed by atoms with van der Waals surface area (Å²) >= 11 is 0. The van der Waals surface area contributed by atoms with Gasteiger partial charge in [-0.3, -0.25) is 0 Å². The van der Waals surface area contributed by atoms with Gasteiger partial charge in [0, 0.05) is 29.5 Å². The van der Waals surface area contributed by atoms with Gasteiger partial charge in [-0.2, -0.15) is 26.3 Å². The topological polar surface area (TPSA) is 97.1 Å². The molecule has 0 unspecified atom stereocenters. The Kier molecular flexibility index (Phi) is 11.6. The number of rotatable bonds is 9. The minimum Gasteiger partial charge on any atom is -0.490 e. The van der Waals surface area contributed by atoms with Gasteiger partial charge in [-0.15, -0.1) is 0 Å². The molecular weight excluding hydrogens is 610 g/mol. The molecule has 0 spiro atoms. The molecule has 7 nitrogen and oxygen atoms in total. The van der Waals surface area contributed by atoms with E-state index in [2.05, 4.69) is 32.8 Å². The number of nitrogens with one attached hydrogen (secondary N) is 3. The van der Waals surface area contributed by atoms with Crippen LogP contribution in [0.5, 0.6) is 5.75 Å². The van der Waals surface area contributed by atoms with Gasteiger partial charge in [0.1, 0.15) is 0 Å². The highest BCUT2D eigenvalue weighted by molar-refractivity contribution is 5.59. The molecule has 13 heteroatoms. The van der Waals surface area contributed by atoms with E-state index < -0.39 is 23.5 Å². The summed E-state index contributed by atoms with van der Waals surface area (Å²) in [5.74, 6) is 0.958. The molecule has 3 heterocycles. The molecule has 5 N–H and O–H groups in total. The number of benzene rings is 2. The molecule has 2 aliphatic heterocycles. The van der Waals surface area contributed by atoms with Crippen LogP contribution >= 0.6 is 0 Å². The molecule has 1 aromatic heterocycles. The number of halogens is 6. The fourth-order valence-corrected chi connectivity index (χ4v) is 5.58. The summed E-state index contributed by atoms with van der Waals surface area (Å²) in [6.45, 7) is 6.82. The quantitative estimate of drug-likeness (QED) is 0.135. The molecule has 2 aliphatic rings. The van der Waals surface area contributed by atoms with E-state index in [4.69, 9.17) is 10.5 Å². The zero-order valence-corrected chi connectivity index (χ0v) is 26.2. The summed E-state index contributed by atoms with van der Waals surface area (Å²) in [6, 6.07) is 7.32. The molecule has 4 atom stereocenters. The maximum atomic E-state index is 13.2. The van der Waals surface area contributed by atoms with Gasteiger partial charge >= 0.3 is 12.4 Å². The van der Waals surface area contributed by atoms with Crippen molar-refractivity contribution in [2.75, 3.05) is 22.6 Å². The second-order valence-electron chi connectivity index (χ2n) is 11.7. The number of hydrogen-bond acceptors (Lipinski definition) is 7. The van der Waals surface area contributed by atoms with E-state index >= 15 is 0 Å². The molecule has 0 saturated heterocycles. The highest BCUT2D eigenvalue weighted by atomic mass is 19.4. The second kappa shape index (κ2) is 15.2. The van der Waals surface area contributed by atoms with Crippen molar-refractivity contribution >= 4 is 17.3 Å². The summed E-state index contributed by atoms with van der Waals surface area (Å²) in [5, 5.41) is 9.72. The average molecular weight is 653 g/mol. The molecule has 0 radical (unpaired) electrons. The van der Waals surface area contributed by atoms with Crippen LogP contribution in [0.3, 0.4) is 0 Å². The minimum atomic E-state index is -4.38. The third-order valence-corrected chi connectivity index (χ3v) is 8.24. The molecule has 0 fully saturated rings. The van der Waals surface area contributed by atoms with E-state index in [1.165, 1.54) is 18.2 Å². The first-order chi connectivity index (χ1) is 21.8. The molecule has 3 aromatic rings. The van der Waals surface area contributed by atoms with Crippen molar-refractivity contribution in [2.24, 2.45) is 5.73 Å². The number of hydrogen-bond donors (Lipinski definition) is 4. The summed E-state index contributed by atoms with van der Waals surface area (Å²) < 4.78 is 82.8. The van der Waals surface area contributed by atoms with Crippen molar-refractivity contribution in [1.82, 2.24) is 9.97 Å². The van der Waals surface area contributed by atoms with Gasteiger partial charge in [-0.05, 0) is 79.6 Å². The second-order valence-corrected chi connectivity index (χ2v) is 11.7. The Bertz CT molecular complexity index is 1420. The van der Waals surface area contributed by atoms with Crippen molar-refractivity contribution < 1.29 is 31.1 Å². The van der Waals surface area contributed by atoms with Crippen LogP contribution < -0.4 is 26.4 Å². The van der Waals surface area contributed by atoms with Crippen molar-refractivity contribution in [2.45, 2.75) is 102 Å². The predicted octanol–water partition coefficient (Wildman–Crippen LogP) is 9.11. The number of nitrogens with two attached hydrogens (primary N) is 1. The van der Waals surface area contributed by atoms with Crippen LogP contribution in [-0.2, 0) is 12.4 Å². The van der Waals surface area contributed by atoms with E-state index in [1.807, 2.05) is 13.8 Å². The summed E-state index contributed by atoms with van der Waals surface area (Å²) in [4.78, 5) is 8.55. The lowest BCUT2D eigenvalue weighted by atomic mass is 9.90. The van der Waals surface area contributed by atoms with Gasteiger partial charge < -0.3 is 26.4 Å². The number of aromatic nitrogens is 2. The number of unbranched alkanes of at least 4 members (excludes halogenated alkanes) is 2. The molecule has 0 bridgehead atoms. The van der Waals surface area contributed by atoms with Crippen molar-refractivity contribution in [1.29, 1.82) is 0 Å². The normalized spacial score (nSPS) is 20.7. The third kappa shape index (κ3) is 9.17. The van der Waals surface area contributed by atoms with Gasteiger partial charge in [0.05, 0.1) is 36.2 Å². The van der Waals surface area contributed by atoms with Crippen molar-refractivity contribution in [3.8, 4) is 5.75 Å². The Hall–Kier alpha value is -3.74. The first-order valence-corrected chi connectivity index (χ1v) is 15.7. The minimum absolute atomic E-state index is 0.165. The lowest BCUT2D eigenvalue weighted by molar-refractivity contribution is -0.138. The van der Waals surface area contributed by atoms with Crippen LogP contribution in [0.25, 0.3) is 0 Å². The zero-order valence-electron chi connectivity index (χ0n) is 26.2. The molecule has 0 aliphatic carbocycles. The van der Waals surface area contributed by atoms with E-state index in [1.54, 1.807) is 12.4 Å². The highest BCUT2D eigenvalue weighted by Gasteiger charge is 2.35. The summed E-state index contributed by atoms with van der Waals surface area (Å²) in [5.41, 5.74) is 7.20. The van der Waals surface area contributed by atoms with Gasteiger partial charge in [0.15, 0.2) is 5.75 Å². The Morgan fingerprint density at radius 2 is 1.35 bits per heavy atom. The molecule has 46 heavy (non-hydrogen) atoms. The molecule has 0 saturated carbocycles. The molecule has 252 valence electrons. The van der Waals surface area contributed by atoms with E-state index in [9.17, 15) is 26.3 Å². The van der Waals surface area contributed by atoms with Crippen LogP contribution in [0.1, 0.15) is 100 Å². The Morgan fingerprint density at radius 3 is 1.89 bits per heavy atom. The lowest BCUT2D eigenvalue weighted by Gasteiger charge is -2.33. The first kappa shape index (κ1) is 35.1. The number of fused-ring (bicyclic) bond motifs is 2. The monoisotopic (exact) mass is 652 g/mol. The van der Waals surface area contributed by atoms with E-state index in [-0.39, 0.29) is 24.2 Å². The Morgan fingerprint density at radius 1 is 0.804 bits per heavy atom. The SMILES string of the molecule is CCCCCOc1cnc(N[C@H]2C[C@@H](CC)Nc3ccc(C(F)(F)F)cc32)nc1.CC[C@@H]1C[C@H](N)c2cc(C(F)(F)F)ccc2N1. The van der Waals surface area contributed by atoms with Gasteiger partial charge in [0.2, 0.25) is 5.95 Å². The van der Waals surface area contributed by atoms with E-state index in [0.717, 1.165) is 56.0 Å². The van der Waals surface area contributed by atoms with Crippen molar-refractivity contribution in [3.05, 3.63) is 71.0 Å². The molecule has 0 amide bonds. The van der Waals surface area contributed by atoms with Crippen molar-refractivity contribution in [3.63, 3.8) is 0 Å². The number of anilines is 3. The summed E-state index contributed by atoms with van der Waals surface area (Å²) in [7, 11) is 0. The fraction of sp³-hybridized carbons (Fsp3) is 0.515. The number of nitrogens with zero attached hydrogens (tertiary/aromatic N) is 2. The van der Waals surface area contributed by atoms with Crippen LogP contribution in [0.15, 0.2) is 48.8 Å². The first-order valence-electron chi connectivity index (χ1n) is 15.7. The largest absolute Gasteiger partial charge is 0.490 e. The van der Waals surface area contributed by atoms with Gasteiger partial charge in [0.25, 0.3) is 0 Å². The highest BCUT2D eigenvalue weighted by Crippen LogP contribution is 2.40. The average Bonchev–Trinajstić information content (AvgIpc) is 3.02. The van der Waals surface area contributed by atoms with E-state index in [0.29, 0.717) is 48.0 Å². The van der Waals surface area contributed by atoms with Crippen LogP contribution in [-0.4, -0.2) is 28.7 Å². The summed E-state index contributed by atoms with van der Waals surface area (Å²) in [6.07, 6.45) is 0.780. The van der Waals surface area contributed by atoms with Crippen LogP contribution in [0.4, 0.5) is 43.7 Å². The molecule has 5 rings (SSSR count). The molecular formula is C33H42F6N6O. The fourth-order valence-electron chi connectivity index (χ4n) is 5.58. The standard InChI is InChI=1S/C21H27F3N4O.C12H15F3N2/c1-3-5-6-9-29-16-12-25-20(26-13-16)28-19-11-15(4-2)27-18-8-7-14(10-17(18)19)21(22,23)24;1-2-8-6-10(16)9-5-7(12(13,14)15)3-4-11(9)17-8/h7-8,10,12-13,15,19,27H,3-6,9,11H2,1-2H3,(H,25,26,28);3-5,8,10,17H,2,6,16H2,1H3/t15-,19+;8-,10+/m11/s1. The maximum absolute atomic E-state index is 13.2. The Labute approximate surface area is 265 Å².